The zero-order valence-corrected chi connectivity index (χ0v) is 10.1. The Hall–Kier alpha value is -0.560. The summed E-state index contributed by atoms with van der Waals surface area (Å²) in [5.74, 6) is 0. The first-order valence-corrected chi connectivity index (χ1v) is 6.19. The molecule has 0 saturated heterocycles. The molecule has 14 heavy (non-hydrogen) atoms. The maximum atomic E-state index is 2.40. The first-order chi connectivity index (χ1) is 6.57. The largest absolute Gasteiger partial charge is 0.140 e. The van der Waals surface area contributed by atoms with Crippen LogP contribution in [0.5, 0.6) is 0 Å². The molecule has 1 aliphatic rings. The fourth-order valence-electron chi connectivity index (χ4n) is 1.81. The molecule has 0 radical (unpaired) electrons. The van der Waals surface area contributed by atoms with Crippen molar-refractivity contribution in [3.63, 3.8) is 0 Å². The number of allylic oxidation sites excluding steroid dienone is 2. The van der Waals surface area contributed by atoms with Gasteiger partial charge in [0.15, 0.2) is 0 Å². The molecule has 0 amide bonds. The average molecular weight is 206 g/mol. The minimum Gasteiger partial charge on any atom is -0.140 e. The molecule has 1 aromatic rings. The van der Waals surface area contributed by atoms with Gasteiger partial charge in [-0.05, 0) is 42.4 Å². The average Bonchev–Trinajstić information content (AvgIpc) is 2.73. The lowest BCUT2D eigenvalue weighted by Gasteiger charge is -2.15. The van der Waals surface area contributed by atoms with Gasteiger partial charge in [0, 0.05) is 9.75 Å². The Kier molecular flexibility index (Phi) is 2.52. The fraction of sp³-hybridized carbons (Fsp3) is 0.538. The SMILES string of the molecule is CC(C)(C)c1ccc(C2=CCCC2)s1. The van der Waals surface area contributed by atoms with Crippen LogP contribution in [0.25, 0.3) is 5.57 Å². The van der Waals surface area contributed by atoms with Crippen molar-refractivity contribution >= 4 is 16.9 Å². The lowest BCUT2D eigenvalue weighted by molar-refractivity contribution is 0.604. The van der Waals surface area contributed by atoms with Crippen molar-refractivity contribution in [2.24, 2.45) is 0 Å². The summed E-state index contributed by atoms with van der Waals surface area (Å²) in [6.45, 7) is 6.85. The molecule has 0 aromatic carbocycles. The van der Waals surface area contributed by atoms with Crippen molar-refractivity contribution < 1.29 is 0 Å². The van der Waals surface area contributed by atoms with E-state index in [4.69, 9.17) is 0 Å². The molecule has 1 heteroatoms. The van der Waals surface area contributed by atoms with Crippen LogP contribution < -0.4 is 0 Å². The van der Waals surface area contributed by atoms with Gasteiger partial charge in [0.1, 0.15) is 0 Å². The highest BCUT2D eigenvalue weighted by Crippen LogP contribution is 2.36. The Balaban J connectivity index is 2.26. The van der Waals surface area contributed by atoms with E-state index >= 15 is 0 Å². The standard InChI is InChI=1S/C13H18S/c1-13(2,3)12-9-8-11(14-12)10-6-4-5-7-10/h6,8-9H,4-5,7H2,1-3H3. The van der Waals surface area contributed by atoms with Gasteiger partial charge in [-0.15, -0.1) is 11.3 Å². The second-order valence-corrected chi connectivity index (χ2v) is 6.12. The minimum absolute atomic E-state index is 0.308. The Bertz CT molecular complexity index is 350. The Labute approximate surface area is 90.7 Å². The molecule has 0 saturated carbocycles. The number of hydrogen-bond donors (Lipinski definition) is 0. The van der Waals surface area contributed by atoms with Gasteiger partial charge in [0.2, 0.25) is 0 Å². The summed E-state index contributed by atoms with van der Waals surface area (Å²) in [4.78, 5) is 2.99. The third-order valence-corrected chi connectivity index (χ3v) is 4.29. The van der Waals surface area contributed by atoms with Gasteiger partial charge in [0.25, 0.3) is 0 Å². The predicted octanol–water partition coefficient (Wildman–Crippen LogP) is 4.61. The van der Waals surface area contributed by atoms with Gasteiger partial charge >= 0.3 is 0 Å². The van der Waals surface area contributed by atoms with Crippen molar-refractivity contribution in [1.29, 1.82) is 0 Å². The number of hydrogen-bond acceptors (Lipinski definition) is 1. The summed E-state index contributed by atoms with van der Waals surface area (Å²) in [6, 6.07) is 4.58. The summed E-state index contributed by atoms with van der Waals surface area (Å²) in [7, 11) is 0. The van der Waals surface area contributed by atoms with E-state index in [1.54, 1.807) is 5.57 Å². The molecule has 0 aliphatic heterocycles. The van der Waals surface area contributed by atoms with Gasteiger partial charge in [-0.2, -0.15) is 0 Å². The molecule has 76 valence electrons. The second kappa shape index (κ2) is 3.54. The Morgan fingerprint density at radius 2 is 2.00 bits per heavy atom. The van der Waals surface area contributed by atoms with Crippen LogP contribution in [0.15, 0.2) is 18.2 Å². The van der Waals surface area contributed by atoms with E-state index in [0.717, 1.165) is 0 Å². The molecule has 0 unspecified atom stereocenters. The van der Waals surface area contributed by atoms with Crippen LogP contribution in [0.2, 0.25) is 0 Å². The topological polar surface area (TPSA) is 0 Å². The third-order valence-electron chi connectivity index (χ3n) is 2.70. The molecule has 0 nitrogen and oxygen atoms in total. The van der Waals surface area contributed by atoms with Crippen LogP contribution in [-0.2, 0) is 5.41 Å². The van der Waals surface area contributed by atoms with E-state index in [9.17, 15) is 0 Å². The lowest BCUT2D eigenvalue weighted by Crippen LogP contribution is -2.07. The van der Waals surface area contributed by atoms with Crippen molar-refractivity contribution in [1.82, 2.24) is 0 Å². The molecule has 0 N–H and O–H groups in total. The van der Waals surface area contributed by atoms with E-state index in [2.05, 4.69) is 39.0 Å². The second-order valence-electron chi connectivity index (χ2n) is 5.04. The zero-order chi connectivity index (χ0) is 10.2. The summed E-state index contributed by atoms with van der Waals surface area (Å²) in [5, 5.41) is 0. The van der Waals surface area contributed by atoms with Gasteiger partial charge in [-0.25, -0.2) is 0 Å². The smallest absolute Gasteiger partial charge is 0.0302 e. The molecule has 0 fully saturated rings. The minimum atomic E-state index is 0.308. The van der Waals surface area contributed by atoms with Crippen LogP contribution >= 0.6 is 11.3 Å². The Morgan fingerprint density at radius 3 is 2.50 bits per heavy atom. The molecular formula is C13H18S. The molecule has 1 aromatic heterocycles. The van der Waals surface area contributed by atoms with E-state index < -0.39 is 0 Å². The first kappa shape index (κ1) is 9.97. The molecule has 1 heterocycles. The van der Waals surface area contributed by atoms with Gasteiger partial charge in [0.05, 0.1) is 0 Å². The summed E-state index contributed by atoms with van der Waals surface area (Å²) in [6.07, 6.45) is 6.30. The van der Waals surface area contributed by atoms with Crippen molar-refractivity contribution in [2.45, 2.75) is 45.4 Å². The molecule has 0 bridgehead atoms. The van der Waals surface area contributed by atoms with Crippen LogP contribution in [0.3, 0.4) is 0 Å². The Morgan fingerprint density at radius 1 is 1.21 bits per heavy atom. The summed E-state index contributed by atoms with van der Waals surface area (Å²) < 4.78 is 0. The first-order valence-electron chi connectivity index (χ1n) is 5.37. The predicted molar refractivity (Wildman–Crippen MR) is 64.8 cm³/mol. The molecule has 2 rings (SSSR count). The van der Waals surface area contributed by atoms with Gasteiger partial charge in [-0.1, -0.05) is 26.8 Å². The molecule has 0 atom stereocenters. The summed E-state index contributed by atoms with van der Waals surface area (Å²) in [5.41, 5.74) is 1.88. The zero-order valence-electron chi connectivity index (χ0n) is 9.26. The van der Waals surface area contributed by atoms with E-state index in [-0.39, 0.29) is 0 Å². The van der Waals surface area contributed by atoms with Crippen molar-refractivity contribution in [3.05, 3.63) is 28.0 Å². The highest BCUT2D eigenvalue weighted by atomic mass is 32.1. The van der Waals surface area contributed by atoms with Crippen molar-refractivity contribution in [2.75, 3.05) is 0 Å². The normalized spacial score (nSPS) is 17.2. The highest BCUT2D eigenvalue weighted by Gasteiger charge is 2.17. The van der Waals surface area contributed by atoms with Crippen LogP contribution in [0, 0.1) is 0 Å². The number of rotatable bonds is 1. The summed E-state index contributed by atoms with van der Waals surface area (Å²) >= 11 is 1.97. The van der Waals surface area contributed by atoms with Crippen LogP contribution in [0.4, 0.5) is 0 Å². The molecule has 1 aliphatic carbocycles. The number of thiophene rings is 1. The maximum Gasteiger partial charge on any atom is 0.0302 e. The van der Waals surface area contributed by atoms with E-state index in [1.165, 1.54) is 29.0 Å². The third kappa shape index (κ3) is 1.93. The fourth-order valence-corrected chi connectivity index (χ4v) is 2.94. The highest BCUT2D eigenvalue weighted by molar-refractivity contribution is 7.13. The lowest BCUT2D eigenvalue weighted by atomic mass is 9.95. The maximum absolute atomic E-state index is 2.40. The molecule has 0 spiro atoms. The monoisotopic (exact) mass is 206 g/mol. The molecular weight excluding hydrogens is 188 g/mol. The van der Waals surface area contributed by atoms with Crippen LogP contribution in [-0.4, -0.2) is 0 Å². The van der Waals surface area contributed by atoms with Crippen LogP contribution in [0.1, 0.15) is 49.8 Å². The van der Waals surface area contributed by atoms with E-state index in [0.29, 0.717) is 5.41 Å². The van der Waals surface area contributed by atoms with Crippen molar-refractivity contribution in [3.8, 4) is 0 Å². The quantitative estimate of drug-likeness (QED) is 0.629. The van der Waals surface area contributed by atoms with E-state index in [1.807, 2.05) is 11.3 Å². The van der Waals surface area contributed by atoms with Gasteiger partial charge in [-0.3, -0.25) is 0 Å². The van der Waals surface area contributed by atoms with Gasteiger partial charge < -0.3 is 0 Å².